The maximum atomic E-state index is 14.3. The van der Waals surface area contributed by atoms with Crippen molar-refractivity contribution in [3.8, 4) is 5.75 Å². The van der Waals surface area contributed by atoms with Crippen molar-refractivity contribution in [2.45, 2.75) is 26.7 Å². The van der Waals surface area contributed by atoms with Crippen molar-refractivity contribution in [3.63, 3.8) is 0 Å². The summed E-state index contributed by atoms with van der Waals surface area (Å²) in [5.41, 5.74) is 3.73. The highest BCUT2D eigenvalue weighted by atomic mass is 32.1. The molecule has 0 unspecified atom stereocenters. The maximum Gasteiger partial charge on any atom is 0.251 e. The summed E-state index contributed by atoms with van der Waals surface area (Å²) in [7, 11) is 1.60. The van der Waals surface area contributed by atoms with Gasteiger partial charge in [-0.15, -0.1) is 11.3 Å². The number of ether oxygens (including phenoxy) is 1. The fourth-order valence-corrected chi connectivity index (χ4v) is 4.83. The third kappa shape index (κ3) is 4.52. The summed E-state index contributed by atoms with van der Waals surface area (Å²) in [5.74, 6) is -0.362. The number of thiazole rings is 1. The molecule has 2 heterocycles. The molecule has 0 saturated carbocycles. The normalized spacial score (nSPS) is 13.2. The van der Waals surface area contributed by atoms with Crippen molar-refractivity contribution in [1.29, 1.82) is 0 Å². The molecular weight excluding hydrogens is 441 g/mol. The zero-order valence-corrected chi connectivity index (χ0v) is 19.5. The summed E-state index contributed by atoms with van der Waals surface area (Å²) in [4.78, 5) is 32.7. The average Bonchev–Trinajstić information content (AvgIpc) is 3.27. The first-order chi connectivity index (χ1) is 15.9. The second kappa shape index (κ2) is 9.54. The molecule has 2 amide bonds. The van der Waals surface area contributed by atoms with Crippen LogP contribution in [0.15, 0.2) is 47.9 Å². The zero-order valence-electron chi connectivity index (χ0n) is 18.7. The van der Waals surface area contributed by atoms with Crippen LogP contribution in [-0.2, 0) is 16.0 Å². The first-order valence-corrected chi connectivity index (χ1v) is 11.5. The van der Waals surface area contributed by atoms with E-state index in [-0.39, 0.29) is 17.5 Å². The molecule has 1 aliphatic rings. The molecule has 0 bridgehead atoms. The molecule has 2 aromatic carbocycles. The standard InChI is InChI=1S/C25H24FN3O3S/c1-16-10-12-22(32-3)24-19(16)7-6-14-28(24)23(31)13-11-18-15-33-25(27-18)29(17(2)30)21-9-5-4-8-20(21)26/h4-5,8-13,15H,6-7,14H2,1-3H3/b13-11+. The Hall–Kier alpha value is -3.52. The van der Waals surface area contributed by atoms with Gasteiger partial charge in [-0.2, -0.15) is 0 Å². The van der Waals surface area contributed by atoms with Gasteiger partial charge in [0.25, 0.3) is 5.91 Å². The van der Waals surface area contributed by atoms with Crippen molar-refractivity contribution >= 4 is 45.7 Å². The van der Waals surface area contributed by atoms with Crippen LogP contribution in [0, 0.1) is 12.7 Å². The summed E-state index contributed by atoms with van der Waals surface area (Å²) >= 11 is 1.20. The number of fused-ring (bicyclic) bond motifs is 1. The summed E-state index contributed by atoms with van der Waals surface area (Å²) in [6, 6.07) is 9.94. The molecule has 1 aromatic heterocycles. The topological polar surface area (TPSA) is 62.7 Å². The molecular formula is C25H24FN3O3S. The van der Waals surface area contributed by atoms with Crippen molar-refractivity contribution in [1.82, 2.24) is 4.98 Å². The van der Waals surface area contributed by atoms with E-state index in [0.717, 1.165) is 29.7 Å². The number of aromatic nitrogens is 1. The lowest BCUT2D eigenvalue weighted by Crippen LogP contribution is -2.34. The summed E-state index contributed by atoms with van der Waals surface area (Å²) < 4.78 is 19.8. The quantitative estimate of drug-likeness (QED) is 0.481. The zero-order chi connectivity index (χ0) is 23.5. The van der Waals surface area contributed by atoms with Crippen molar-refractivity contribution in [3.05, 3.63) is 70.5 Å². The van der Waals surface area contributed by atoms with Gasteiger partial charge in [-0.05, 0) is 55.2 Å². The minimum absolute atomic E-state index is 0.137. The number of amides is 2. The van der Waals surface area contributed by atoms with E-state index < -0.39 is 5.82 Å². The van der Waals surface area contributed by atoms with Crippen LogP contribution in [0.4, 0.5) is 20.9 Å². The van der Waals surface area contributed by atoms with E-state index in [2.05, 4.69) is 4.98 Å². The Balaban J connectivity index is 1.59. The number of carbonyl (C=O) groups is 2. The fraction of sp³-hybridized carbons (Fsp3) is 0.240. The van der Waals surface area contributed by atoms with Crippen molar-refractivity contribution in [2.75, 3.05) is 23.5 Å². The SMILES string of the molecule is COc1ccc(C)c2c1N(C(=O)/C=C/c1csc(N(C(C)=O)c3ccccc3F)n1)CCC2. The van der Waals surface area contributed by atoms with Crippen LogP contribution in [0.1, 0.15) is 30.2 Å². The van der Waals surface area contributed by atoms with E-state index in [9.17, 15) is 14.0 Å². The monoisotopic (exact) mass is 465 g/mol. The van der Waals surface area contributed by atoms with E-state index >= 15 is 0 Å². The molecule has 4 rings (SSSR count). The Morgan fingerprint density at radius 2 is 2.03 bits per heavy atom. The number of nitrogens with zero attached hydrogens (tertiary/aromatic N) is 3. The van der Waals surface area contributed by atoms with Crippen LogP contribution < -0.4 is 14.5 Å². The summed E-state index contributed by atoms with van der Waals surface area (Å²) in [5, 5.41) is 2.06. The van der Waals surface area contributed by atoms with Gasteiger partial charge in [-0.3, -0.25) is 14.5 Å². The Kier molecular flexibility index (Phi) is 6.55. The van der Waals surface area contributed by atoms with Crippen LogP contribution in [0.5, 0.6) is 5.75 Å². The number of aryl methyl sites for hydroxylation is 1. The molecule has 0 spiro atoms. The molecule has 3 aromatic rings. The number of anilines is 3. The lowest BCUT2D eigenvalue weighted by Gasteiger charge is -2.31. The predicted molar refractivity (Wildman–Crippen MR) is 129 cm³/mol. The number of hydrogen-bond donors (Lipinski definition) is 0. The summed E-state index contributed by atoms with van der Waals surface area (Å²) in [6.07, 6.45) is 4.85. The second-order valence-electron chi connectivity index (χ2n) is 7.70. The van der Waals surface area contributed by atoms with E-state index in [4.69, 9.17) is 4.74 Å². The fourth-order valence-electron chi connectivity index (χ4n) is 3.98. The lowest BCUT2D eigenvalue weighted by atomic mass is 9.96. The van der Waals surface area contributed by atoms with Gasteiger partial charge in [0.15, 0.2) is 5.13 Å². The van der Waals surface area contributed by atoms with E-state index in [0.29, 0.717) is 23.1 Å². The smallest absolute Gasteiger partial charge is 0.251 e. The Morgan fingerprint density at radius 3 is 2.76 bits per heavy atom. The highest BCUT2D eigenvalue weighted by molar-refractivity contribution is 7.14. The predicted octanol–water partition coefficient (Wildman–Crippen LogP) is 5.28. The molecule has 0 saturated heterocycles. The lowest BCUT2D eigenvalue weighted by molar-refractivity contribution is -0.116. The molecule has 8 heteroatoms. The summed E-state index contributed by atoms with van der Waals surface area (Å²) in [6.45, 7) is 4.00. The second-order valence-corrected chi connectivity index (χ2v) is 8.54. The van der Waals surface area contributed by atoms with Gasteiger partial charge in [-0.25, -0.2) is 9.37 Å². The van der Waals surface area contributed by atoms with Crippen LogP contribution in [0.2, 0.25) is 0 Å². The first kappa shape index (κ1) is 22.7. The molecule has 0 aliphatic carbocycles. The van der Waals surface area contributed by atoms with Gasteiger partial charge in [0.05, 0.1) is 24.2 Å². The van der Waals surface area contributed by atoms with Gasteiger partial charge in [0.1, 0.15) is 11.6 Å². The number of hydrogen-bond acceptors (Lipinski definition) is 5. The van der Waals surface area contributed by atoms with E-state index in [1.807, 2.05) is 19.1 Å². The van der Waals surface area contributed by atoms with Gasteiger partial charge >= 0.3 is 0 Å². The van der Waals surface area contributed by atoms with Gasteiger partial charge in [0.2, 0.25) is 5.91 Å². The Morgan fingerprint density at radius 1 is 1.24 bits per heavy atom. The third-order valence-electron chi connectivity index (χ3n) is 5.55. The molecule has 0 atom stereocenters. The number of benzene rings is 2. The minimum Gasteiger partial charge on any atom is -0.495 e. The average molecular weight is 466 g/mol. The van der Waals surface area contributed by atoms with Crippen LogP contribution >= 0.6 is 11.3 Å². The van der Waals surface area contributed by atoms with Crippen LogP contribution in [0.3, 0.4) is 0 Å². The Bertz CT molecular complexity index is 1240. The number of rotatable bonds is 5. The van der Waals surface area contributed by atoms with Crippen LogP contribution in [0.25, 0.3) is 6.08 Å². The molecule has 6 nitrogen and oxygen atoms in total. The molecule has 0 N–H and O–H groups in total. The number of para-hydroxylation sites is 1. The number of halogens is 1. The van der Waals surface area contributed by atoms with Crippen LogP contribution in [-0.4, -0.2) is 30.5 Å². The van der Waals surface area contributed by atoms with Crippen molar-refractivity contribution in [2.24, 2.45) is 0 Å². The van der Waals surface area contributed by atoms with E-state index in [1.165, 1.54) is 41.4 Å². The number of carbonyl (C=O) groups excluding carboxylic acids is 2. The van der Waals surface area contributed by atoms with Gasteiger partial charge in [0, 0.05) is 24.9 Å². The van der Waals surface area contributed by atoms with Crippen molar-refractivity contribution < 1.29 is 18.7 Å². The molecule has 0 fully saturated rings. The molecule has 0 radical (unpaired) electrons. The van der Waals surface area contributed by atoms with Gasteiger partial charge < -0.3 is 9.64 Å². The highest BCUT2D eigenvalue weighted by Gasteiger charge is 2.26. The molecule has 1 aliphatic heterocycles. The molecule has 33 heavy (non-hydrogen) atoms. The first-order valence-electron chi connectivity index (χ1n) is 10.6. The Labute approximate surface area is 195 Å². The third-order valence-corrected chi connectivity index (χ3v) is 6.39. The molecule has 170 valence electrons. The minimum atomic E-state index is -0.511. The highest BCUT2D eigenvalue weighted by Crippen LogP contribution is 2.38. The number of methoxy groups -OCH3 is 1. The largest absolute Gasteiger partial charge is 0.495 e. The maximum absolute atomic E-state index is 14.3. The van der Waals surface area contributed by atoms with E-state index in [1.54, 1.807) is 35.6 Å². The van der Waals surface area contributed by atoms with Gasteiger partial charge in [-0.1, -0.05) is 18.2 Å².